The van der Waals surface area contributed by atoms with Crippen molar-refractivity contribution < 1.29 is 48.1 Å². The summed E-state index contributed by atoms with van der Waals surface area (Å²) in [5, 5.41) is 21.5. The van der Waals surface area contributed by atoms with E-state index in [0.29, 0.717) is 49.8 Å². The molecular formula is C40H51N3O10. The van der Waals surface area contributed by atoms with Crippen LogP contribution in [0.5, 0.6) is 17.2 Å². The van der Waals surface area contributed by atoms with E-state index in [-0.39, 0.29) is 31.6 Å². The maximum absolute atomic E-state index is 11.0. The molecule has 0 aliphatic carbocycles. The Balaban J connectivity index is 0.755. The van der Waals surface area contributed by atoms with E-state index in [1.165, 1.54) is 0 Å². The third kappa shape index (κ3) is 11.1. The highest BCUT2D eigenvalue weighted by Gasteiger charge is 2.33. The fourth-order valence-electron chi connectivity index (χ4n) is 6.41. The molecule has 0 aromatic heterocycles. The first-order chi connectivity index (χ1) is 26.0. The summed E-state index contributed by atoms with van der Waals surface area (Å²) in [7, 11) is 0. The number of hydrogen-bond donors (Lipinski definition) is 2. The van der Waals surface area contributed by atoms with Crippen LogP contribution < -0.4 is 28.9 Å². The topological polar surface area (TPSA) is 137 Å². The van der Waals surface area contributed by atoms with Crippen molar-refractivity contribution >= 4 is 17.1 Å². The third-order valence-electron chi connectivity index (χ3n) is 9.91. The fraction of sp³-hybridized carbons (Fsp3) is 0.550. The molecule has 13 heteroatoms. The van der Waals surface area contributed by atoms with Crippen LogP contribution in [0, 0.1) is 0 Å². The van der Waals surface area contributed by atoms with Crippen LogP contribution in [0.3, 0.4) is 0 Å². The van der Waals surface area contributed by atoms with Crippen LogP contribution in [0.1, 0.15) is 12.8 Å². The van der Waals surface area contributed by atoms with Crippen LogP contribution in [0.4, 0.5) is 17.1 Å². The van der Waals surface area contributed by atoms with E-state index in [0.717, 1.165) is 81.9 Å². The van der Waals surface area contributed by atoms with Gasteiger partial charge < -0.3 is 62.8 Å². The van der Waals surface area contributed by atoms with Crippen LogP contribution in [0.25, 0.3) is 0 Å². The molecule has 5 heterocycles. The van der Waals surface area contributed by atoms with E-state index in [4.69, 9.17) is 37.9 Å². The predicted molar refractivity (Wildman–Crippen MR) is 198 cm³/mol. The molecule has 0 spiro atoms. The molecule has 5 saturated heterocycles. The molecule has 53 heavy (non-hydrogen) atoms. The summed E-state index contributed by atoms with van der Waals surface area (Å²) in [6.45, 7) is 8.25. The van der Waals surface area contributed by atoms with Gasteiger partial charge in [-0.2, -0.15) is 0 Å². The maximum Gasteiger partial charge on any atom is 0.132 e. The van der Waals surface area contributed by atoms with Gasteiger partial charge in [0.2, 0.25) is 0 Å². The lowest BCUT2D eigenvalue weighted by molar-refractivity contribution is -0.0516. The van der Waals surface area contributed by atoms with E-state index >= 15 is 0 Å². The normalized spacial score (nSPS) is 24.7. The van der Waals surface area contributed by atoms with E-state index in [2.05, 4.69) is 26.8 Å². The monoisotopic (exact) mass is 733 g/mol. The number of anilines is 3. The van der Waals surface area contributed by atoms with Crippen LogP contribution in [0.15, 0.2) is 72.8 Å². The van der Waals surface area contributed by atoms with Crippen molar-refractivity contribution in [3.8, 4) is 17.2 Å². The van der Waals surface area contributed by atoms with Gasteiger partial charge in [-0.1, -0.05) is 0 Å². The standard InChI is InChI=1S/C40H51N3O10/c44-31(13-15-46-33-7-1-29(2-8-33)42(19-37-25-51-37)20-38-26-52-38)17-41(18-36-24-50-36)28-3-9-34(10-4-28)48-22-32(45)23-49-35-11-5-30(6-12-35)43(21-39-27-53-39)40-14-16-47-40/h1-12,31-32,36-40,44-45H,13-27H2. The van der Waals surface area contributed by atoms with Gasteiger partial charge >= 0.3 is 0 Å². The molecule has 286 valence electrons. The third-order valence-corrected chi connectivity index (χ3v) is 9.91. The van der Waals surface area contributed by atoms with Crippen molar-refractivity contribution in [2.75, 3.05) is 100 Å². The van der Waals surface area contributed by atoms with E-state index in [1.807, 2.05) is 60.7 Å². The Morgan fingerprint density at radius 1 is 0.547 bits per heavy atom. The van der Waals surface area contributed by atoms with Crippen LogP contribution in [0.2, 0.25) is 0 Å². The quantitative estimate of drug-likeness (QED) is 0.131. The first kappa shape index (κ1) is 36.2. The molecule has 0 bridgehead atoms. The Kier molecular flexibility index (Phi) is 11.7. The first-order valence-corrected chi connectivity index (χ1v) is 18.9. The Morgan fingerprint density at radius 3 is 1.45 bits per heavy atom. The molecule has 0 saturated carbocycles. The minimum absolute atomic E-state index is 0.0930. The van der Waals surface area contributed by atoms with Crippen molar-refractivity contribution in [2.24, 2.45) is 0 Å². The molecule has 3 aromatic rings. The lowest BCUT2D eigenvalue weighted by Gasteiger charge is -2.38. The van der Waals surface area contributed by atoms with Gasteiger partial charge in [0.15, 0.2) is 0 Å². The van der Waals surface area contributed by atoms with Gasteiger partial charge in [-0.3, -0.25) is 0 Å². The number of nitrogens with zero attached hydrogens (tertiary/aromatic N) is 3. The van der Waals surface area contributed by atoms with Crippen LogP contribution in [-0.4, -0.2) is 139 Å². The van der Waals surface area contributed by atoms with Gasteiger partial charge in [0.1, 0.15) is 42.8 Å². The van der Waals surface area contributed by atoms with Gasteiger partial charge in [-0.25, -0.2) is 0 Å². The molecule has 0 radical (unpaired) electrons. The summed E-state index contributed by atoms with van der Waals surface area (Å²) < 4.78 is 45.2. The molecule has 7 unspecified atom stereocenters. The summed E-state index contributed by atoms with van der Waals surface area (Å²) >= 11 is 0. The van der Waals surface area contributed by atoms with Gasteiger partial charge in [0.05, 0.1) is 70.2 Å². The molecule has 13 nitrogen and oxygen atoms in total. The van der Waals surface area contributed by atoms with Crippen molar-refractivity contribution in [1.29, 1.82) is 0 Å². The Hall–Kier alpha value is -3.82. The minimum atomic E-state index is -0.806. The molecule has 5 fully saturated rings. The zero-order valence-corrected chi connectivity index (χ0v) is 30.1. The lowest BCUT2D eigenvalue weighted by atomic mass is 10.2. The largest absolute Gasteiger partial charge is 0.493 e. The van der Waals surface area contributed by atoms with Gasteiger partial charge in [0.25, 0.3) is 0 Å². The Labute approximate surface area is 310 Å². The van der Waals surface area contributed by atoms with Crippen molar-refractivity contribution in [3.05, 3.63) is 72.8 Å². The average molecular weight is 734 g/mol. The smallest absolute Gasteiger partial charge is 0.132 e. The van der Waals surface area contributed by atoms with Crippen LogP contribution >= 0.6 is 0 Å². The molecule has 3 aromatic carbocycles. The first-order valence-electron chi connectivity index (χ1n) is 18.9. The number of ether oxygens (including phenoxy) is 8. The van der Waals surface area contributed by atoms with Gasteiger partial charge in [-0.05, 0) is 72.8 Å². The summed E-state index contributed by atoms with van der Waals surface area (Å²) in [6.07, 6.45) is 1.25. The summed E-state index contributed by atoms with van der Waals surface area (Å²) in [6, 6.07) is 23.6. The average Bonchev–Trinajstić information content (AvgIpc) is 3.94. The fourth-order valence-corrected chi connectivity index (χ4v) is 6.41. The highest BCUT2D eigenvalue weighted by Crippen LogP contribution is 2.29. The Morgan fingerprint density at radius 2 is 0.981 bits per heavy atom. The number of rotatable bonds is 24. The number of epoxide rings is 4. The summed E-state index contributed by atoms with van der Waals surface area (Å²) in [4.78, 5) is 6.69. The highest BCUT2D eigenvalue weighted by atomic mass is 16.6. The molecule has 2 N–H and O–H groups in total. The van der Waals surface area contributed by atoms with Crippen LogP contribution in [-0.2, 0) is 23.7 Å². The second-order valence-electron chi connectivity index (χ2n) is 14.4. The number of hydrogen-bond acceptors (Lipinski definition) is 13. The second kappa shape index (κ2) is 17.1. The lowest BCUT2D eigenvalue weighted by Crippen LogP contribution is -2.46. The molecule has 8 rings (SSSR count). The Bertz CT molecular complexity index is 1550. The predicted octanol–water partition coefficient (Wildman–Crippen LogP) is 3.10. The van der Waals surface area contributed by atoms with E-state index < -0.39 is 12.2 Å². The minimum Gasteiger partial charge on any atom is -0.493 e. The maximum atomic E-state index is 11.0. The van der Waals surface area contributed by atoms with Gasteiger partial charge in [0, 0.05) is 62.6 Å². The number of aliphatic hydroxyl groups is 2. The molecule has 5 aliphatic heterocycles. The SMILES string of the molecule is OC(COc1ccc(N(CC(O)CCOc2ccc(N(CC3CO3)CC3CO3)cc2)CC2CO2)cc1)COc1ccc(N(CC2CO2)C2CCO2)cc1. The number of aliphatic hydroxyl groups excluding tert-OH is 2. The molecular weight excluding hydrogens is 682 g/mol. The highest BCUT2D eigenvalue weighted by molar-refractivity contribution is 5.52. The van der Waals surface area contributed by atoms with E-state index in [9.17, 15) is 10.2 Å². The van der Waals surface area contributed by atoms with Crippen molar-refractivity contribution in [2.45, 2.75) is 55.7 Å². The summed E-state index contributed by atoms with van der Waals surface area (Å²) in [5.41, 5.74) is 3.15. The van der Waals surface area contributed by atoms with Crippen molar-refractivity contribution in [1.82, 2.24) is 0 Å². The molecule has 5 aliphatic rings. The summed E-state index contributed by atoms with van der Waals surface area (Å²) in [5.74, 6) is 2.10. The zero-order valence-electron chi connectivity index (χ0n) is 30.1. The molecule has 7 atom stereocenters. The van der Waals surface area contributed by atoms with Gasteiger partial charge in [-0.15, -0.1) is 0 Å². The van der Waals surface area contributed by atoms with E-state index in [1.54, 1.807) is 0 Å². The second-order valence-corrected chi connectivity index (χ2v) is 14.4. The number of benzene rings is 3. The molecule has 0 amide bonds. The van der Waals surface area contributed by atoms with Crippen molar-refractivity contribution in [3.63, 3.8) is 0 Å². The zero-order chi connectivity index (χ0) is 36.0.